The molecule has 4 amide bonds. The van der Waals surface area contributed by atoms with Crippen LogP contribution >= 0.6 is 23.2 Å². The highest BCUT2D eigenvalue weighted by Gasteiger charge is 2.27. The maximum Gasteiger partial charge on any atom is 0.283 e. The fourth-order valence-electron chi connectivity index (χ4n) is 3.82. The molecule has 0 saturated heterocycles. The second-order valence-corrected chi connectivity index (χ2v) is 10.0. The predicted molar refractivity (Wildman–Crippen MR) is 172 cm³/mol. The van der Waals surface area contributed by atoms with Crippen LogP contribution in [0, 0.1) is 10.8 Å². The number of aromatic hydroxyl groups is 2. The molecule has 1 aromatic carbocycles. The van der Waals surface area contributed by atoms with Gasteiger partial charge in [0.05, 0.1) is 11.1 Å². The normalized spacial score (nSPS) is 10.5. The van der Waals surface area contributed by atoms with Crippen LogP contribution in [-0.2, 0) is 0 Å². The van der Waals surface area contributed by atoms with Gasteiger partial charge in [-0.1, -0.05) is 23.2 Å². The first-order chi connectivity index (χ1) is 22.5. The average molecular weight is 707 g/mol. The van der Waals surface area contributed by atoms with E-state index in [1.54, 1.807) is 0 Å². The number of nitrogens with two attached hydrogens (primary N) is 6. The molecule has 48 heavy (non-hydrogen) atoms. The van der Waals surface area contributed by atoms with Crippen LogP contribution in [0.4, 0.5) is 23.3 Å². The summed E-state index contributed by atoms with van der Waals surface area (Å²) >= 11 is 11.6. The zero-order chi connectivity index (χ0) is 36.0. The Kier molecular flexibility index (Phi) is 11.1. The molecular weight excluding hydrogens is 679 g/mol. The number of nitrogens with one attached hydrogen (secondary N) is 4. The van der Waals surface area contributed by atoms with Crippen LogP contribution in [0.25, 0.3) is 0 Å². The lowest BCUT2D eigenvalue weighted by Gasteiger charge is -2.21. The van der Waals surface area contributed by atoms with Crippen molar-refractivity contribution in [3.63, 3.8) is 0 Å². The van der Waals surface area contributed by atoms with E-state index in [1.807, 2.05) is 0 Å². The van der Waals surface area contributed by atoms with E-state index >= 15 is 0 Å². The number of hydrogen-bond acceptors (Lipinski definition) is 16. The van der Waals surface area contributed by atoms with E-state index in [9.17, 15) is 29.4 Å². The predicted octanol–water partition coefficient (Wildman–Crippen LogP) is -2.16. The summed E-state index contributed by atoms with van der Waals surface area (Å²) in [7, 11) is 0. The number of guanidine groups is 2. The van der Waals surface area contributed by atoms with Gasteiger partial charge in [0, 0.05) is 26.2 Å². The van der Waals surface area contributed by atoms with Gasteiger partial charge < -0.3 is 55.2 Å². The number of aromatic nitrogens is 4. The summed E-state index contributed by atoms with van der Waals surface area (Å²) in [5.74, 6) is -8.44. The van der Waals surface area contributed by atoms with E-state index in [4.69, 9.17) is 68.4 Å². The largest absolute Gasteiger partial charge is 0.504 e. The topological polar surface area (TPSA) is 395 Å². The number of carbonyl (C=O) groups excluding carboxylic acids is 4. The number of carbonyl (C=O) groups is 4. The third kappa shape index (κ3) is 7.86. The van der Waals surface area contributed by atoms with Crippen LogP contribution in [-0.4, -0.2) is 102 Å². The molecule has 18 N–H and O–H groups in total. The molecule has 22 nitrogen and oxygen atoms in total. The number of hydrogen-bond donors (Lipinski definition) is 12. The molecule has 0 aliphatic heterocycles. The zero-order valence-corrected chi connectivity index (χ0v) is 25.9. The van der Waals surface area contributed by atoms with Gasteiger partial charge in [0.15, 0.2) is 68.4 Å². The third-order valence-corrected chi connectivity index (χ3v) is 6.73. The lowest BCUT2D eigenvalue weighted by Crippen LogP contribution is -2.46. The molecule has 0 spiro atoms. The van der Waals surface area contributed by atoms with Gasteiger partial charge in [0.2, 0.25) is 0 Å². The number of benzene rings is 1. The van der Waals surface area contributed by atoms with Crippen molar-refractivity contribution in [3.05, 3.63) is 45.0 Å². The summed E-state index contributed by atoms with van der Waals surface area (Å²) in [4.78, 5) is 67.4. The van der Waals surface area contributed by atoms with Crippen molar-refractivity contribution in [1.82, 2.24) is 40.4 Å². The van der Waals surface area contributed by atoms with Gasteiger partial charge >= 0.3 is 0 Å². The van der Waals surface area contributed by atoms with Crippen molar-refractivity contribution < 1.29 is 29.4 Å². The molecule has 3 aromatic rings. The lowest BCUT2D eigenvalue weighted by atomic mass is 10.1. The van der Waals surface area contributed by atoms with Crippen LogP contribution in [0.1, 0.15) is 41.7 Å². The Bertz CT molecular complexity index is 1710. The van der Waals surface area contributed by atoms with Crippen molar-refractivity contribution >= 4 is 82.0 Å². The number of halogens is 2. The Morgan fingerprint density at radius 3 is 1.31 bits per heavy atom. The second kappa shape index (κ2) is 14.8. The first kappa shape index (κ1) is 36.1. The minimum Gasteiger partial charge on any atom is -0.504 e. The van der Waals surface area contributed by atoms with E-state index < -0.39 is 69.6 Å². The van der Waals surface area contributed by atoms with E-state index in [0.717, 1.165) is 12.1 Å². The van der Waals surface area contributed by atoms with E-state index in [2.05, 4.69) is 30.6 Å². The SMILES string of the molecule is N=C(N)N(CCNC(=O)c1ccc(C(=O)NCCN(C(=N)N)C(=O)c2nc(Cl)c(N)nc2N)c(O)c1O)C(=O)c1nc(Cl)c(N)nc1N. The van der Waals surface area contributed by atoms with Crippen molar-refractivity contribution in [2.75, 3.05) is 49.1 Å². The lowest BCUT2D eigenvalue weighted by molar-refractivity contribution is 0.0825. The minimum absolute atomic E-state index is 0.228. The van der Waals surface area contributed by atoms with Gasteiger partial charge in [-0.2, -0.15) is 0 Å². The molecule has 2 heterocycles. The summed E-state index contributed by atoms with van der Waals surface area (Å²) in [6, 6.07) is 2.05. The highest BCUT2D eigenvalue weighted by Crippen LogP contribution is 2.32. The average Bonchev–Trinajstić information content (AvgIpc) is 3.01. The molecular formula is C24H28Cl2N16O6. The molecule has 0 fully saturated rings. The molecule has 0 radical (unpaired) electrons. The number of rotatable bonds is 10. The van der Waals surface area contributed by atoms with Gasteiger partial charge in [-0.25, -0.2) is 19.9 Å². The summed E-state index contributed by atoms with van der Waals surface area (Å²) in [6.45, 7) is -1.40. The molecule has 0 atom stereocenters. The van der Waals surface area contributed by atoms with Crippen molar-refractivity contribution in [1.29, 1.82) is 10.8 Å². The van der Waals surface area contributed by atoms with Gasteiger partial charge in [-0.15, -0.1) is 0 Å². The van der Waals surface area contributed by atoms with Gasteiger partial charge in [0.25, 0.3) is 23.6 Å². The Morgan fingerprint density at radius 2 is 1.00 bits per heavy atom. The Morgan fingerprint density at radius 1 is 0.667 bits per heavy atom. The van der Waals surface area contributed by atoms with Crippen molar-refractivity contribution in [2.45, 2.75) is 0 Å². The van der Waals surface area contributed by atoms with Crippen LogP contribution in [0.5, 0.6) is 11.5 Å². The number of phenolic OH excluding ortho intramolecular Hbond substituents is 2. The number of nitrogen functional groups attached to an aromatic ring is 4. The van der Waals surface area contributed by atoms with Gasteiger partial charge in [-0.05, 0) is 12.1 Å². The second-order valence-electron chi connectivity index (χ2n) is 9.32. The third-order valence-electron chi connectivity index (χ3n) is 6.17. The highest BCUT2D eigenvalue weighted by molar-refractivity contribution is 6.32. The molecule has 24 heteroatoms. The Balaban J connectivity index is 1.64. The highest BCUT2D eigenvalue weighted by atomic mass is 35.5. The van der Waals surface area contributed by atoms with Crippen LogP contribution in [0.15, 0.2) is 12.1 Å². The van der Waals surface area contributed by atoms with E-state index in [-0.39, 0.29) is 59.8 Å². The maximum absolute atomic E-state index is 12.8. The number of anilines is 4. The summed E-state index contributed by atoms with van der Waals surface area (Å²) < 4.78 is 0. The first-order valence-electron chi connectivity index (χ1n) is 13.1. The molecule has 0 saturated carbocycles. The molecule has 254 valence electrons. The number of phenols is 2. The first-order valence-corrected chi connectivity index (χ1v) is 13.8. The standard InChI is InChI=1S/C24H28Cl2N16O6/c25-13-17(29)39-15(27)9(37-13)21(47)41(23(31)32)5-3-35-19(45)7-1-2-8(12(44)11(7)43)20(46)36-4-6-42(24(33)34)22(48)10-16(28)40-18(30)14(26)38-10/h1-2,43-44H,3-6H2,(H3,31,32)(H3,33,34)(H,35,45)(H,36,46)(H4,27,29,39)(H4,28,30,40). The Labute approximate surface area is 279 Å². The van der Waals surface area contributed by atoms with E-state index in [0.29, 0.717) is 9.80 Å². The van der Waals surface area contributed by atoms with Crippen LogP contribution < -0.4 is 45.0 Å². The fourth-order valence-corrected chi connectivity index (χ4v) is 4.07. The zero-order valence-electron chi connectivity index (χ0n) is 24.4. The van der Waals surface area contributed by atoms with Gasteiger partial charge in [0.1, 0.15) is 0 Å². The maximum atomic E-state index is 12.8. The smallest absolute Gasteiger partial charge is 0.283 e. The van der Waals surface area contributed by atoms with Crippen LogP contribution in [0.2, 0.25) is 10.3 Å². The van der Waals surface area contributed by atoms with E-state index in [1.165, 1.54) is 0 Å². The number of amides is 4. The van der Waals surface area contributed by atoms with Crippen molar-refractivity contribution in [3.8, 4) is 11.5 Å². The molecule has 3 rings (SSSR count). The van der Waals surface area contributed by atoms with Gasteiger partial charge in [-0.3, -0.25) is 39.8 Å². The van der Waals surface area contributed by atoms with Crippen LogP contribution in [0.3, 0.4) is 0 Å². The summed E-state index contributed by atoms with van der Waals surface area (Å²) in [5.41, 5.74) is 31.5. The summed E-state index contributed by atoms with van der Waals surface area (Å²) in [6.07, 6.45) is 0. The minimum atomic E-state index is -0.970. The Hall–Kier alpha value is -6.42. The monoisotopic (exact) mass is 706 g/mol. The molecule has 0 aliphatic carbocycles. The molecule has 0 bridgehead atoms. The molecule has 0 aliphatic rings. The molecule has 2 aromatic heterocycles. The summed E-state index contributed by atoms with van der Waals surface area (Å²) in [5, 5.41) is 40.4. The quantitative estimate of drug-likeness (QED) is 0.0606. The van der Waals surface area contributed by atoms with Crippen molar-refractivity contribution in [2.24, 2.45) is 11.5 Å². The fraction of sp³-hybridized carbons (Fsp3) is 0.167. The number of nitrogens with zero attached hydrogens (tertiary/aromatic N) is 6. The molecule has 0 unspecified atom stereocenters.